The Bertz CT molecular complexity index is 1040. The van der Waals surface area contributed by atoms with Crippen molar-refractivity contribution in [3.63, 3.8) is 0 Å². The van der Waals surface area contributed by atoms with E-state index in [4.69, 9.17) is 4.99 Å². The minimum Gasteiger partial charge on any atom is -0.374 e. The topological polar surface area (TPSA) is 51.7 Å². The molecule has 3 rings (SSSR count). The zero-order valence-corrected chi connectivity index (χ0v) is 18.0. The number of rotatable bonds is 7. The van der Waals surface area contributed by atoms with Gasteiger partial charge in [0.2, 0.25) is 0 Å². The number of aromatic amines is 1. The third kappa shape index (κ3) is 4.93. The Balaban J connectivity index is 1.91. The smallest absolute Gasteiger partial charge is 0.258 e. The average Bonchev–Trinajstić information content (AvgIpc) is 2.82. The summed E-state index contributed by atoms with van der Waals surface area (Å²) in [6, 6.07) is 16.0. The van der Waals surface area contributed by atoms with Crippen LogP contribution in [0.2, 0.25) is 0 Å². The van der Waals surface area contributed by atoms with Gasteiger partial charge in [0.15, 0.2) is 0 Å². The molecule has 1 heterocycles. The number of aryl methyl sites for hydroxylation is 1. The molecule has 0 saturated heterocycles. The van der Waals surface area contributed by atoms with Gasteiger partial charge in [-0.15, -0.1) is 0 Å². The highest BCUT2D eigenvalue weighted by molar-refractivity contribution is 6.05. The predicted octanol–water partition coefficient (Wildman–Crippen LogP) is 4.32. The van der Waals surface area contributed by atoms with Crippen LogP contribution in [0.1, 0.15) is 24.5 Å². The number of H-pyrrole nitrogens is 1. The lowest BCUT2D eigenvalue weighted by atomic mass is 10.1. The molecule has 152 valence electrons. The minimum absolute atomic E-state index is 0.0953. The SMILES string of the molecule is C/C(=N\c1cc(N(C)CCCN(C)C)ccc1C)c1c2cccccc-2[nH]c1=O. The number of nitrogens with one attached hydrogen (secondary N) is 1. The van der Waals surface area contributed by atoms with Crippen molar-refractivity contribution < 1.29 is 0 Å². The highest BCUT2D eigenvalue weighted by Gasteiger charge is 2.16. The van der Waals surface area contributed by atoms with Gasteiger partial charge in [-0.1, -0.05) is 30.3 Å². The van der Waals surface area contributed by atoms with E-state index in [2.05, 4.69) is 61.0 Å². The molecule has 1 aliphatic heterocycles. The number of fused-ring (bicyclic) bond motifs is 1. The van der Waals surface area contributed by atoms with E-state index in [0.29, 0.717) is 5.56 Å². The van der Waals surface area contributed by atoms with Crippen LogP contribution in [0.25, 0.3) is 11.3 Å². The molecule has 0 atom stereocenters. The lowest BCUT2D eigenvalue weighted by molar-refractivity contribution is 0.401. The van der Waals surface area contributed by atoms with Gasteiger partial charge in [0, 0.05) is 30.5 Å². The second-order valence-corrected chi connectivity index (χ2v) is 7.81. The van der Waals surface area contributed by atoms with Crippen LogP contribution in [0.3, 0.4) is 0 Å². The summed E-state index contributed by atoms with van der Waals surface area (Å²) >= 11 is 0. The number of hydrogen-bond donors (Lipinski definition) is 1. The largest absolute Gasteiger partial charge is 0.374 e. The molecule has 0 aromatic heterocycles. The maximum absolute atomic E-state index is 12.6. The van der Waals surface area contributed by atoms with Crippen molar-refractivity contribution in [2.45, 2.75) is 20.3 Å². The highest BCUT2D eigenvalue weighted by Crippen LogP contribution is 2.28. The zero-order valence-electron chi connectivity index (χ0n) is 18.0. The van der Waals surface area contributed by atoms with Crippen LogP contribution in [0.4, 0.5) is 11.4 Å². The third-order valence-electron chi connectivity index (χ3n) is 5.17. The summed E-state index contributed by atoms with van der Waals surface area (Å²) in [6.07, 6.45) is 1.10. The monoisotopic (exact) mass is 390 g/mol. The van der Waals surface area contributed by atoms with Gasteiger partial charge >= 0.3 is 0 Å². The standard InChI is InChI=1S/C24H30N4O/c1-17-12-13-19(28(5)15-9-14-27(3)4)16-22(17)25-18(2)23-20-10-7-6-8-11-21(20)26-24(23)29/h6-8,10-13,16H,9,14-15H2,1-5H3,(H,26,29)/b25-18+. The fourth-order valence-corrected chi connectivity index (χ4v) is 3.49. The zero-order chi connectivity index (χ0) is 21.0. The highest BCUT2D eigenvalue weighted by atomic mass is 16.1. The maximum atomic E-state index is 12.6. The first kappa shape index (κ1) is 20.8. The molecule has 0 unspecified atom stereocenters. The first-order valence-corrected chi connectivity index (χ1v) is 10.00. The molecule has 1 aromatic rings. The van der Waals surface area contributed by atoms with E-state index in [9.17, 15) is 4.79 Å². The number of benzene rings is 1. The molecule has 1 aromatic carbocycles. The Labute approximate surface area is 173 Å². The summed E-state index contributed by atoms with van der Waals surface area (Å²) in [5, 5.41) is 0. The molecule has 1 N–H and O–H groups in total. The molecular formula is C24H30N4O. The summed E-state index contributed by atoms with van der Waals surface area (Å²) in [4.78, 5) is 24.8. The van der Waals surface area contributed by atoms with Gasteiger partial charge in [-0.25, -0.2) is 0 Å². The molecule has 29 heavy (non-hydrogen) atoms. The number of hydrogen-bond acceptors (Lipinski definition) is 4. The summed E-state index contributed by atoms with van der Waals surface area (Å²) in [6.45, 7) is 6.00. The molecule has 0 amide bonds. The van der Waals surface area contributed by atoms with E-state index in [1.165, 1.54) is 0 Å². The van der Waals surface area contributed by atoms with E-state index >= 15 is 0 Å². The van der Waals surface area contributed by atoms with Gasteiger partial charge < -0.3 is 14.8 Å². The van der Waals surface area contributed by atoms with Crippen LogP contribution >= 0.6 is 0 Å². The van der Waals surface area contributed by atoms with Crippen molar-refractivity contribution >= 4 is 17.1 Å². The van der Waals surface area contributed by atoms with E-state index in [1.54, 1.807) is 0 Å². The van der Waals surface area contributed by atoms with Crippen LogP contribution < -0.4 is 10.5 Å². The summed E-state index contributed by atoms with van der Waals surface area (Å²) in [5.41, 5.74) is 6.12. The normalized spacial score (nSPS) is 12.0. The molecular weight excluding hydrogens is 360 g/mol. The molecule has 1 aliphatic carbocycles. The van der Waals surface area contributed by atoms with E-state index in [1.807, 2.05) is 37.3 Å². The number of aromatic nitrogens is 1. The maximum Gasteiger partial charge on any atom is 0.258 e. The van der Waals surface area contributed by atoms with E-state index in [0.717, 1.165) is 53.4 Å². The summed E-state index contributed by atoms with van der Waals surface area (Å²) in [5.74, 6) is 0. The quantitative estimate of drug-likeness (QED) is 0.612. The van der Waals surface area contributed by atoms with Crippen LogP contribution in [0, 0.1) is 6.92 Å². The van der Waals surface area contributed by atoms with Crippen molar-refractivity contribution in [3.8, 4) is 11.3 Å². The number of anilines is 1. The second kappa shape index (κ2) is 9.05. The van der Waals surface area contributed by atoms with E-state index < -0.39 is 0 Å². The van der Waals surface area contributed by atoms with Gasteiger partial charge in [0.05, 0.1) is 17.0 Å². The van der Waals surface area contributed by atoms with Crippen molar-refractivity contribution in [1.29, 1.82) is 0 Å². The average molecular weight is 391 g/mol. The van der Waals surface area contributed by atoms with Crippen molar-refractivity contribution in [3.05, 3.63) is 70.0 Å². The molecule has 0 radical (unpaired) electrons. The Morgan fingerprint density at radius 2 is 1.79 bits per heavy atom. The van der Waals surface area contributed by atoms with Gasteiger partial charge in [-0.2, -0.15) is 0 Å². The van der Waals surface area contributed by atoms with Crippen LogP contribution in [-0.4, -0.2) is 49.8 Å². The first-order chi connectivity index (χ1) is 13.9. The molecule has 5 heteroatoms. The van der Waals surface area contributed by atoms with E-state index in [-0.39, 0.29) is 5.56 Å². The molecule has 0 fully saturated rings. The lowest BCUT2D eigenvalue weighted by Crippen LogP contribution is -2.23. The number of aliphatic imine (C=N–C) groups is 1. The third-order valence-corrected chi connectivity index (χ3v) is 5.17. The number of nitrogens with zero attached hydrogens (tertiary/aromatic N) is 3. The molecule has 0 bridgehead atoms. The molecule has 0 saturated carbocycles. The van der Waals surface area contributed by atoms with Crippen molar-refractivity contribution in [2.24, 2.45) is 4.99 Å². The van der Waals surface area contributed by atoms with Crippen LogP contribution in [-0.2, 0) is 0 Å². The van der Waals surface area contributed by atoms with Crippen molar-refractivity contribution in [2.75, 3.05) is 39.1 Å². The van der Waals surface area contributed by atoms with Crippen LogP contribution in [0.15, 0.2) is 58.3 Å². The molecule has 0 spiro atoms. The predicted molar refractivity (Wildman–Crippen MR) is 123 cm³/mol. The van der Waals surface area contributed by atoms with Gasteiger partial charge in [-0.3, -0.25) is 9.79 Å². The Morgan fingerprint density at radius 3 is 2.55 bits per heavy atom. The lowest BCUT2D eigenvalue weighted by Gasteiger charge is -2.21. The first-order valence-electron chi connectivity index (χ1n) is 10.00. The molecule has 2 aliphatic rings. The minimum atomic E-state index is -0.0953. The summed E-state index contributed by atoms with van der Waals surface area (Å²) < 4.78 is 0. The van der Waals surface area contributed by atoms with Gasteiger partial charge in [-0.05, 0) is 64.7 Å². The Hall–Kier alpha value is -2.92. The van der Waals surface area contributed by atoms with Crippen molar-refractivity contribution in [1.82, 2.24) is 9.88 Å². The Morgan fingerprint density at radius 1 is 1.03 bits per heavy atom. The molecule has 5 nitrogen and oxygen atoms in total. The Kier molecular flexibility index (Phi) is 6.49. The fourth-order valence-electron chi connectivity index (χ4n) is 3.49. The second-order valence-electron chi connectivity index (χ2n) is 7.81. The van der Waals surface area contributed by atoms with Crippen LogP contribution in [0.5, 0.6) is 0 Å². The van der Waals surface area contributed by atoms with Gasteiger partial charge in [0.25, 0.3) is 5.56 Å². The van der Waals surface area contributed by atoms with Gasteiger partial charge in [0.1, 0.15) is 0 Å². The summed E-state index contributed by atoms with van der Waals surface area (Å²) in [7, 11) is 6.29. The fraction of sp³-hybridized carbons (Fsp3) is 0.333.